The molecule has 5 heteroatoms. The van der Waals surface area contributed by atoms with Gasteiger partial charge in [0.1, 0.15) is 0 Å². The van der Waals surface area contributed by atoms with E-state index in [0.29, 0.717) is 6.61 Å². The Kier molecular flexibility index (Phi) is 9.80. The van der Waals surface area contributed by atoms with E-state index in [0.717, 1.165) is 25.3 Å². The summed E-state index contributed by atoms with van der Waals surface area (Å²) in [6.45, 7) is 4.40. The molecule has 0 saturated heterocycles. The smallest absolute Gasteiger partial charge is 0.336 e. The summed E-state index contributed by atoms with van der Waals surface area (Å²) in [7, 11) is 2.52. The third-order valence-electron chi connectivity index (χ3n) is 2.70. The van der Waals surface area contributed by atoms with Gasteiger partial charge in [0, 0.05) is 12.7 Å². The Morgan fingerprint density at radius 3 is 2.32 bits per heavy atom. The number of hydrogen-bond acceptors (Lipinski definition) is 5. The van der Waals surface area contributed by atoms with Gasteiger partial charge >= 0.3 is 11.9 Å². The SMILES string of the molecule is CCCCCCOC(C)/C(=C\C(=O)OC)C(=O)OC. The van der Waals surface area contributed by atoms with Crippen molar-refractivity contribution in [3.8, 4) is 0 Å². The Balaban J connectivity index is 4.39. The van der Waals surface area contributed by atoms with Gasteiger partial charge in [0.15, 0.2) is 0 Å². The van der Waals surface area contributed by atoms with Crippen LogP contribution in [0.2, 0.25) is 0 Å². The fraction of sp³-hybridized carbons (Fsp3) is 0.714. The molecule has 0 aromatic carbocycles. The van der Waals surface area contributed by atoms with Gasteiger partial charge in [-0.1, -0.05) is 26.2 Å². The minimum Gasteiger partial charge on any atom is -0.466 e. The Labute approximate surface area is 114 Å². The van der Waals surface area contributed by atoms with Gasteiger partial charge in [-0.25, -0.2) is 9.59 Å². The first kappa shape index (κ1) is 17.6. The van der Waals surface area contributed by atoms with Gasteiger partial charge in [-0.05, 0) is 13.3 Å². The highest BCUT2D eigenvalue weighted by atomic mass is 16.5. The fourth-order valence-corrected chi connectivity index (χ4v) is 1.52. The maximum Gasteiger partial charge on any atom is 0.336 e. The highest BCUT2D eigenvalue weighted by molar-refractivity contribution is 5.97. The first-order chi connectivity index (χ1) is 9.06. The molecule has 0 bridgehead atoms. The van der Waals surface area contributed by atoms with Crippen LogP contribution in [0.5, 0.6) is 0 Å². The summed E-state index contributed by atoms with van der Waals surface area (Å²) in [5.41, 5.74) is 0.171. The van der Waals surface area contributed by atoms with Crippen LogP contribution >= 0.6 is 0 Å². The van der Waals surface area contributed by atoms with E-state index in [-0.39, 0.29) is 5.57 Å². The van der Waals surface area contributed by atoms with Crippen LogP contribution in [-0.2, 0) is 23.8 Å². The van der Waals surface area contributed by atoms with Crippen molar-refractivity contribution in [2.24, 2.45) is 0 Å². The molecular weight excluding hydrogens is 248 g/mol. The van der Waals surface area contributed by atoms with Gasteiger partial charge in [0.2, 0.25) is 0 Å². The van der Waals surface area contributed by atoms with Crippen LogP contribution in [0.3, 0.4) is 0 Å². The average molecular weight is 272 g/mol. The number of unbranched alkanes of at least 4 members (excludes halogenated alkanes) is 3. The van der Waals surface area contributed by atoms with Gasteiger partial charge in [-0.2, -0.15) is 0 Å². The molecule has 0 spiro atoms. The van der Waals surface area contributed by atoms with Gasteiger partial charge in [-0.3, -0.25) is 0 Å². The average Bonchev–Trinajstić information content (AvgIpc) is 2.43. The number of esters is 2. The molecule has 1 unspecified atom stereocenters. The molecule has 0 amide bonds. The molecule has 19 heavy (non-hydrogen) atoms. The summed E-state index contributed by atoms with van der Waals surface area (Å²) < 4.78 is 14.7. The van der Waals surface area contributed by atoms with E-state index in [1.165, 1.54) is 20.6 Å². The van der Waals surface area contributed by atoms with Crippen molar-refractivity contribution in [1.82, 2.24) is 0 Å². The maximum atomic E-state index is 11.6. The van der Waals surface area contributed by atoms with Crippen LogP contribution in [0.4, 0.5) is 0 Å². The quantitative estimate of drug-likeness (QED) is 0.366. The first-order valence-electron chi connectivity index (χ1n) is 6.56. The summed E-state index contributed by atoms with van der Waals surface area (Å²) in [4.78, 5) is 22.8. The van der Waals surface area contributed by atoms with Crippen molar-refractivity contribution < 1.29 is 23.8 Å². The lowest BCUT2D eigenvalue weighted by Crippen LogP contribution is -2.21. The minimum absolute atomic E-state index is 0.171. The molecule has 0 aliphatic heterocycles. The predicted molar refractivity (Wildman–Crippen MR) is 71.7 cm³/mol. The van der Waals surface area contributed by atoms with Gasteiger partial charge in [0.25, 0.3) is 0 Å². The van der Waals surface area contributed by atoms with Crippen molar-refractivity contribution in [3.05, 3.63) is 11.6 Å². The van der Waals surface area contributed by atoms with E-state index < -0.39 is 18.0 Å². The normalized spacial score (nSPS) is 12.9. The van der Waals surface area contributed by atoms with E-state index in [4.69, 9.17) is 4.74 Å². The van der Waals surface area contributed by atoms with Gasteiger partial charge in [-0.15, -0.1) is 0 Å². The van der Waals surface area contributed by atoms with Crippen molar-refractivity contribution in [3.63, 3.8) is 0 Å². The molecule has 0 rings (SSSR count). The third kappa shape index (κ3) is 7.62. The molecule has 0 aliphatic carbocycles. The monoisotopic (exact) mass is 272 g/mol. The topological polar surface area (TPSA) is 61.8 Å². The number of methoxy groups -OCH3 is 2. The number of rotatable bonds is 9. The second kappa shape index (κ2) is 10.6. The Bertz CT molecular complexity index is 309. The lowest BCUT2D eigenvalue weighted by Gasteiger charge is -2.15. The molecule has 0 fully saturated rings. The van der Waals surface area contributed by atoms with Crippen molar-refractivity contribution in [2.45, 2.75) is 45.6 Å². The second-order valence-electron chi connectivity index (χ2n) is 4.19. The van der Waals surface area contributed by atoms with Crippen molar-refractivity contribution in [1.29, 1.82) is 0 Å². The van der Waals surface area contributed by atoms with E-state index >= 15 is 0 Å². The second-order valence-corrected chi connectivity index (χ2v) is 4.19. The standard InChI is InChI=1S/C14H24O5/c1-5-6-7-8-9-19-11(2)12(14(16)18-4)10-13(15)17-3/h10-11H,5-9H2,1-4H3/b12-10+. The number of hydrogen-bond donors (Lipinski definition) is 0. The molecule has 0 N–H and O–H groups in total. The van der Waals surface area contributed by atoms with Crippen LogP contribution in [0.25, 0.3) is 0 Å². The minimum atomic E-state index is -0.596. The molecule has 0 saturated carbocycles. The zero-order valence-corrected chi connectivity index (χ0v) is 12.2. The largest absolute Gasteiger partial charge is 0.466 e. The summed E-state index contributed by atoms with van der Waals surface area (Å²) in [5.74, 6) is -1.17. The van der Waals surface area contributed by atoms with E-state index in [2.05, 4.69) is 16.4 Å². The molecule has 0 aromatic heterocycles. The van der Waals surface area contributed by atoms with Crippen LogP contribution < -0.4 is 0 Å². The lowest BCUT2D eigenvalue weighted by atomic mass is 10.1. The molecule has 0 aliphatic rings. The van der Waals surface area contributed by atoms with Crippen molar-refractivity contribution >= 4 is 11.9 Å². The maximum absolute atomic E-state index is 11.6. The third-order valence-corrected chi connectivity index (χ3v) is 2.70. The van der Waals surface area contributed by atoms with Crippen LogP contribution in [0, 0.1) is 0 Å². The molecule has 0 aromatic rings. The van der Waals surface area contributed by atoms with Gasteiger partial charge < -0.3 is 14.2 Å². The molecule has 0 radical (unpaired) electrons. The Hall–Kier alpha value is -1.36. The van der Waals surface area contributed by atoms with Crippen LogP contribution in [0.1, 0.15) is 39.5 Å². The fourth-order valence-electron chi connectivity index (χ4n) is 1.52. The van der Waals surface area contributed by atoms with Gasteiger partial charge in [0.05, 0.1) is 25.9 Å². The number of ether oxygens (including phenoxy) is 3. The van der Waals surface area contributed by atoms with Crippen molar-refractivity contribution in [2.75, 3.05) is 20.8 Å². The lowest BCUT2D eigenvalue weighted by molar-refractivity contribution is -0.139. The highest BCUT2D eigenvalue weighted by Gasteiger charge is 2.20. The molecule has 0 heterocycles. The molecular formula is C14H24O5. The molecule has 1 atom stereocenters. The Morgan fingerprint density at radius 2 is 1.79 bits per heavy atom. The summed E-state index contributed by atoms with van der Waals surface area (Å²) in [6.07, 6.45) is 4.98. The molecule has 5 nitrogen and oxygen atoms in total. The number of carbonyl (C=O) groups is 2. The summed E-state index contributed by atoms with van der Waals surface area (Å²) in [6, 6.07) is 0. The zero-order valence-electron chi connectivity index (χ0n) is 12.2. The number of carbonyl (C=O) groups excluding carboxylic acids is 2. The van der Waals surface area contributed by atoms with E-state index in [9.17, 15) is 9.59 Å². The predicted octanol–water partition coefficient (Wildman–Crippen LogP) is 2.24. The Morgan fingerprint density at radius 1 is 1.11 bits per heavy atom. The zero-order chi connectivity index (χ0) is 14.7. The molecule has 110 valence electrons. The highest BCUT2D eigenvalue weighted by Crippen LogP contribution is 2.10. The summed E-state index contributed by atoms with van der Waals surface area (Å²) >= 11 is 0. The first-order valence-corrected chi connectivity index (χ1v) is 6.56. The van der Waals surface area contributed by atoms with E-state index in [1.807, 2.05) is 0 Å². The van der Waals surface area contributed by atoms with E-state index in [1.54, 1.807) is 6.92 Å². The summed E-state index contributed by atoms with van der Waals surface area (Å²) in [5, 5.41) is 0. The van der Waals surface area contributed by atoms with Crippen LogP contribution in [0.15, 0.2) is 11.6 Å². The van der Waals surface area contributed by atoms with Crippen LogP contribution in [-0.4, -0.2) is 38.9 Å².